The van der Waals surface area contributed by atoms with Crippen LogP contribution >= 0.6 is 11.3 Å². The SMILES string of the molecule is CN(C)c1nc(-c2cccc(C(=O)N3C[C@H]4CN5C(=O)[C@@H](NC(=O)OC(C)(C)C)CCCCC/C=C\[C@H]6C[C@@]6(C(=O)NS(=O)(=O)C6CC6)NC(=O)[C@@H]5[C@H]4C3)c2)cs1. The second kappa shape index (κ2) is 15.7. The summed E-state index contributed by atoms with van der Waals surface area (Å²) < 4.78 is 33.6. The summed E-state index contributed by atoms with van der Waals surface area (Å²) in [5.74, 6) is -3.28. The lowest BCUT2D eigenvalue weighted by Crippen LogP contribution is -2.60. The molecule has 2 saturated heterocycles. The van der Waals surface area contributed by atoms with Gasteiger partial charge in [0, 0.05) is 68.0 Å². The molecule has 4 heterocycles. The summed E-state index contributed by atoms with van der Waals surface area (Å²) >= 11 is 1.50. The fraction of sp³-hybridized carbons (Fsp3) is 0.600. The number of thiazole rings is 1. The molecule has 2 saturated carbocycles. The van der Waals surface area contributed by atoms with Crippen LogP contribution in [0, 0.1) is 17.8 Å². The van der Waals surface area contributed by atoms with Crippen LogP contribution in [0.4, 0.5) is 9.93 Å². The third-order valence-electron chi connectivity index (χ3n) is 11.5. The highest BCUT2D eigenvalue weighted by atomic mass is 32.2. The van der Waals surface area contributed by atoms with Crippen molar-refractivity contribution in [1.82, 2.24) is 30.1 Å². The molecule has 5 amide bonds. The molecular formula is C40H53N7O8S2. The fourth-order valence-electron chi connectivity index (χ4n) is 8.28. The van der Waals surface area contributed by atoms with Crippen LogP contribution in [0.25, 0.3) is 11.3 Å². The Morgan fingerprint density at radius 2 is 1.82 bits per heavy atom. The summed E-state index contributed by atoms with van der Waals surface area (Å²) in [7, 11) is -0.0779. The van der Waals surface area contributed by atoms with Crippen LogP contribution in [-0.4, -0.2) is 115 Å². The number of hydrogen-bond donors (Lipinski definition) is 3. The van der Waals surface area contributed by atoms with Crippen LogP contribution < -0.4 is 20.3 Å². The largest absolute Gasteiger partial charge is 0.444 e. The molecule has 0 radical (unpaired) electrons. The van der Waals surface area contributed by atoms with Gasteiger partial charge in [-0.25, -0.2) is 18.2 Å². The number of alkyl carbamates (subject to hydrolysis) is 1. The number of allylic oxidation sites excluding steroid dienone is 1. The average Bonchev–Trinajstić information content (AvgIpc) is 3.96. The molecule has 5 aliphatic rings. The molecule has 2 aromatic rings. The topological polar surface area (TPSA) is 187 Å². The van der Waals surface area contributed by atoms with Gasteiger partial charge in [0.15, 0.2) is 5.13 Å². The first-order chi connectivity index (χ1) is 27.0. The van der Waals surface area contributed by atoms with Gasteiger partial charge in [0.2, 0.25) is 21.8 Å². The van der Waals surface area contributed by atoms with Crippen LogP contribution in [0.2, 0.25) is 0 Å². The summed E-state index contributed by atoms with van der Waals surface area (Å²) in [6.45, 7) is 5.79. The molecular weight excluding hydrogens is 771 g/mol. The van der Waals surface area contributed by atoms with Crippen molar-refractivity contribution in [3.63, 3.8) is 0 Å². The molecule has 1 aromatic heterocycles. The third kappa shape index (κ3) is 8.83. The number of nitrogens with one attached hydrogen (secondary N) is 3. The predicted octanol–water partition coefficient (Wildman–Crippen LogP) is 3.67. The van der Waals surface area contributed by atoms with Crippen LogP contribution in [0.1, 0.15) is 82.5 Å². The summed E-state index contributed by atoms with van der Waals surface area (Å²) in [6, 6.07) is 5.19. The molecule has 0 unspecified atom stereocenters. The van der Waals surface area contributed by atoms with Crippen molar-refractivity contribution in [2.24, 2.45) is 17.8 Å². The number of fused-ring (bicyclic) bond motifs is 4. The summed E-state index contributed by atoms with van der Waals surface area (Å²) in [4.78, 5) is 80.1. The Morgan fingerprint density at radius 3 is 2.53 bits per heavy atom. The van der Waals surface area contributed by atoms with Crippen LogP contribution in [0.15, 0.2) is 41.8 Å². The van der Waals surface area contributed by atoms with E-state index in [2.05, 4.69) is 20.3 Å². The van der Waals surface area contributed by atoms with Crippen LogP contribution in [0.3, 0.4) is 0 Å². The quantitative estimate of drug-likeness (QED) is 0.348. The number of likely N-dealkylation sites (tertiary alicyclic amines) is 1. The predicted molar refractivity (Wildman–Crippen MR) is 215 cm³/mol. The van der Waals surface area contributed by atoms with Gasteiger partial charge in [0.25, 0.3) is 11.8 Å². The van der Waals surface area contributed by atoms with E-state index in [0.29, 0.717) is 37.7 Å². The normalized spacial score (nSPS) is 28.5. The van der Waals surface area contributed by atoms with Gasteiger partial charge in [-0.3, -0.25) is 23.9 Å². The number of nitrogens with zero attached hydrogens (tertiary/aromatic N) is 4. The van der Waals surface area contributed by atoms with E-state index < -0.39 is 74.1 Å². The van der Waals surface area contributed by atoms with Gasteiger partial charge >= 0.3 is 6.09 Å². The van der Waals surface area contributed by atoms with Crippen LogP contribution in [-0.2, 0) is 29.1 Å². The first kappa shape index (κ1) is 40.7. The van der Waals surface area contributed by atoms with Crippen molar-refractivity contribution in [2.75, 3.05) is 38.6 Å². The third-order valence-corrected chi connectivity index (χ3v) is 14.3. The van der Waals surface area contributed by atoms with Crippen molar-refractivity contribution in [1.29, 1.82) is 0 Å². The fourth-order valence-corrected chi connectivity index (χ4v) is 10.4. The van der Waals surface area contributed by atoms with Gasteiger partial charge in [0.05, 0.1) is 10.9 Å². The van der Waals surface area contributed by atoms with Crippen molar-refractivity contribution >= 4 is 56.2 Å². The smallest absolute Gasteiger partial charge is 0.408 e. The van der Waals surface area contributed by atoms with Crippen molar-refractivity contribution < 1.29 is 37.1 Å². The molecule has 3 aliphatic heterocycles. The molecule has 0 spiro atoms. The highest BCUT2D eigenvalue weighted by Crippen LogP contribution is 2.47. The molecule has 2 aliphatic carbocycles. The molecule has 6 atom stereocenters. The number of sulfonamides is 1. The first-order valence-electron chi connectivity index (χ1n) is 19.8. The molecule has 0 bridgehead atoms. The zero-order valence-electron chi connectivity index (χ0n) is 33.2. The number of benzene rings is 1. The minimum atomic E-state index is -3.91. The average molecular weight is 824 g/mol. The monoisotopic (exact) mass is 823 g/mol. The molecule has 15 nitrogen and oxygen atoms in total. The Morgan fingerprint density at radius 1 is 1.05 bits per heavy atom. The number of amides is 5. The summed E-state index contributed by atoms with van der Waals surface area (Å²) in [6.07, 6.45) is 7.41. The maximum absolute atomic E-state index is 14.7. The number of aromatic nitrogens is 1. The highest BCUT2D eigenvalue weighted by Gasteiger charge is 2.63. The molecule has 57 heavy (non-hydrogen) atoms. The number of hydrogen-bond acceptors (Lipinski definition) is 11. The molecule has 3 N–H and O–H groups in total. The Labute approximate surface area is 338 Å². The van der Waals surface area contributed by atoms with Gasteiger partial charge in [-0.2, -0.15) is 0 Å². The Hall–Kier alpha value is -4.51. The molecule has 1 aromatic carbocycles. The molecule has 4 fully saturated rings. The Balaban J connectivity index is 1.17. The summed E-state index contributed by atoms with van der Waals surface area (Å²) in [5.41, 5.74) is -0.309. The second-order valence-corrected chi connectivity index (χ2v) is 20.1. The van der Waals surface area contributed by atoms with Crippen molar-refractivity contribution in [3.8, 4) is 11.3 Å². The van der Waals surface area contributed by atoms with E-state index in [0.717, 1.165) is 29.2 Å². The maximum Gasteiger partial charge on any atom is 0.408 e. The van der Waals surface area contributed by atoms with E-state index in [4.69, 9.17) is 4.74 Å². The van der Waals surface area contributed by atoms with E-state index >= 15 is 0 Å². The van der Waals surface area contributed by atoms with Crippen molar-refractivity contribution in [2.45, 2.75) is 101 Å². The van der Waals surface area contributed by atoms with Crippen molar-refractivity contribution in [3.05, 3.63) is 47.4 Å². The minimum absolute atomic E-state index is 0.141. The van der Waals surface area contributed by atoms with E-state index in [1.165, 1.54) is 16.2 Å². The van der Waals surface area contributed by atoms with Gasteiger partial charge < -0.3 is 30.1 Å². The molecule has 7 rings (SSSR count). The molecule has 308 valence electrons. The Bertz CT molecular complexity index is 2060. The standard InChI is InChI=1S/C40H53N7O8S2/c1-39(2,3)55-38(52)42-30-15-10-8-6-7-9-14-27-19-40(27,36(51)44-57(53,54)28-16-17-28)43-33(48)32-29-22-46(20-26(29)21-47(32)35(30)50)34(49)25-13-11-12-24(18-25)31-23-56-37(41-31)45(4)5/h9,11-14,18,23,26-30,32H,6-8,10,15-17,19-22H2,1-5H3,(H,42,52)(H,43,48)(H,44,51)/b14-9-/t26-,27-,29-,30-,32-,40+/m0/s1. The molecule has 17 heteroatoms. The van der Waals surface area contributed by atoms with Crippen LogP contribution in [0.5, 0.6) is 0 Å². The zero-order chi connectivity index (χ0) is 40.9. The van der Waals surface area contributed by atoms with E-state index in [9.17, 15) is 32.4 Å². The first-order valence-corrected chi connectivity index (χ1v) is 22.3. The number of rotatable bonds is 7. The zero-order valence-corrected chi connectivity index (χ0v) is 34.8. The van der Waals surface area contributed by atoms with Gasteiger partial charge in [-0.15, -0.1) is 11.3 Å². The van der Waals surface area contributed by atoms with E-state index in [1.54, 1.807) is 31.7 Å². The lowest BCUT2D eigenvalue weighted by molar-refractivity contribution is -0.142. The van der Waals surface area contributed by atoms with Gasteiger partial charge in [-0.1, -0.05) is 37.1 Å². The number of carbonyl (C=O) groups excluding carboxylic acids is 5. The minimum Gasteiger partial charge on any atom is -0.444 e. The lowest BCUT2D eigenvalue weighted by Gasteiger charge is -2.33. The Kier molecular flexibility index (Phi) is 11.2. The second-order valence-electron chi connectivity index (χ2n) is 17.3. The van der Waals surface area contributed by atoms with E-state index in [-0.39, 0.29) is 37.9 Å². The number of carbonyl (C=O) groups is 5. The van der Waals surface area contributed by atoms with E-state index in [1.807, 2.05) is 54.7 Å². The van der Waals surface area contributed by atoms with Gasteiger partial charge in [-0.05, 0) is 71.4 Å². The summed E-state index contributed by atoms with van der Waals surface area (Å²) in [5, 5.41) is 7.85. The maximum atomic E-state index is 14.7. The number of anilines is 1. The highest BCUT2D eigenvalue weighted by molar-refractivity contribution is 7.91. The lowest BCUT2D eigenvalue weighted by atomic mass is 9.93. The van der Waals surface area contributed by atoms with Gasteiger partial charge in [0.1, 0.15) is 23.2 Å². The number of ether oxygens (including phenoxy) is 1.